The molecule has 1 amide bonds. The van der Waals surface area contributed by atoms with Gasteiger partial charge in [-0.15, -0.1) is 0 Å². The largest absolute Gasteiger partial charge is 0.368 e. The van der Waals surface area contributed by atoms with Gasteiger partial charge >= 0.3 is 0 Å². The third-order valence-corrected chi connectivity index (χ3v) is 5.90. The molecule has 3 rings (SSSR count). The number of aryl methyl sites for hydroxylation is 3. The van der Waals surface area contributed by atoms with Crippen LogP contribution in [0.25, 0.3) is 5.95 Å². The molecule has 3 N–H and O–H groups in total. The van der Waals surface area contributed by atoms with Gasteiger partial charge in [0, 0.05) is 17.4 Å². The SMILES string of the molecule is Cc1nc(-n2c(C)ccc2C)nc(NC2CCC(OCC(N)=O)CC2)c1Br. The van der Waals surface area contributed by atoms with Crippen LogP contribution in [0.15, 0.2) is 16.6 Å². The summed E-state index contributed by atoms with van der Waals surface area (Å²) in [5.41, 5.74) is 8.25. The average molecular weight is 436 g/mol. The molecule has 27 heavy (non-hydrogen) atoms. The summed E-state index contributed by atoms with van der Waals surface area (Å²) in [6, 6.07) is 4.44. The number of anilines is 1. The quantitative estimate of drug-likeness (QED) is 0.726. The number of hydrogen-bond acceptors (Lipinski definition) is 5. The van der Waals surface area contributed by atoms with Gasteiger partial charge in [-0.1, -0.05) is 0 Å². The Morgan fingerprint density at radius 1 is 1.22 bits per heavy atom. The third kappa shape index (κ3) is 4.68. The maximum absolute atomic E-state index is 10.9. The molecule has 0 saturated heterocycles. The van der Waals surface area contributed by atoms with Gasteiger partial charge in [0.2, 0.25) is 11.9 Å². The van der Waals surface area contributed by atoms with E-state index in [4.69, 9.17) is 15.5 Å². The Bertz CT molecular complexity index is 808. The summed E-state index contributed by atoms with van der Waals surface area (Å²) < 4.78 is 8.48. The first-order valence-corrected chi connectivity index (χ1v) is 10.0. The van der Waals surface area contributed by atoms with Crippen molar-refractivity contribution in [3.8, 4) is 5.95 Å². The molecule has 7 nitrogen and oxygen atoms in total. The molecule has 2 aromatic rings. The molecule has 0 spiro atoms. The summed E-state index contributed by atoms with van der Waals surface area (Å²) in [6.07, 6.45) is 3.81. The molecule has 8 heteroatoms. The molecule has 1 aliphatic carbocycles. The van der Waals surface area contributed by atoms with Crippen molar-refractivity contribution in [2.24, 2.45) is 5.73 Å². The summed E-state index contributed by atoms with van der Waals surface area (Å²) in [6.45, 7) is 6.07. The highest BCUT2D eigenvalue weighted by Crippen LogP contribution is 2.29. The van der Waals surface area contributed by atoms with Gasteiger partial charge in [-0.3, -0.25) is 9.36 Å². The molecular weight excluding hydrogens is 410 g/mol. The van der Waals surface area contributed by atoms with Crippen LogP contribution >= 0.6 is 15.9 Å². The van der Waals surface area contributed by atoms with Gasteiger partial charge < -0.3 is 15.8 Å². The van der Waals surface area contributed by atoms with E-state index in [1.54, 1.807) is 0 Å². The Labute approximate surface area is 167 Å². The number of rotatable bonds is 6. The Morgan fingerprint density at radius 3 is 2.44 bits per heavy atom. The fraction of sp³-hybridized carbons (Fsp3) is 0.526. The highest BCUT2D eigenvalue weighted by molar-refractivity contribution is 9.10. The highest BCUT2D eigenvalue weighted by Gasteiger charge is 2.23. The number of aromatic nitrogens is 3. The Hall–Kier alpha value is -1.93. The number of nitrogens with one attached hydrogen (secondary N) is 1. The van der Waals surface area contributed by atoms with Gasteiger partial charge in [-0.25, -0.2) is 4.98 Å². The lowest BCUT2D eigenvalue weighted by Gasteiger charge is -2.29. The second-order valence-electron chi connectivity index (χ2n) is 7.12. The lowest BCUT2D eigenvalue weighted by atomic mass is 9.93. The molecular formula is C19H26BrN5O2. The first-order valence-electron chi connectivity index (χ1n) is 9.21. The molecule has 2 heterocycles. The van der Waals surface area contributed by atoms with E-state index in [0.29, 0.717) is 12.0 Å². The molecule has 0 bridgehead atoms. The predicted octanol–water partition coefficient (Wildman–Crippen LogP) is 3.18. The van der Waals surface area contributed by atoms with Crippen molar-refractivity contribution in [2.75, 3.05) is 11.9 Å². The average Bonchev–Trinajstić information content (AvgIpc) is 2.96. The van der Waals surface area contributed by atoms with Crippen molar-refractivity contribution >= 4 is 27.7 Å². The molecule has 2 aromatic heterocycles. The van der Waals surface area contributed by atoms with Crippen molar-refractivity contribution in [3.05, 3.63) is 33.7 Å². The highest BCUT2D eigenvalue weighted by atomic mass is 79.9. The van der Waals surface area contributed by atoms with Gasteiger partial charge in [0.05, 0.1) is 16.3 Å². The predicted molar refractivity (Wildman–Crippen MR) is 108 cm³/mol. The van der Waals surface area contributed by atoms with E-state index in [2.05, 4.69) is 42.9 Å². The van der Waals surface area contributed by atoms with E-state index < -0.39 is 5.91 Å². The second kappa shape index (κ2) is 8.39. The fourth-order valence-electron chi connectivity index (χ4n) is 3.49. The first kappa shape index (κ1) is 19.8. The summed E-state index contributed by atoms with van der Waals surface area (Å²) >= 11 is 3.62. The molecule has 0 unspecified atom stereocenters. The summed E-state index contributed by atoms with van der Waals surface area (Å²) in [7, 11) is 0. The van der Waals surface area contributed by atoms with Crippen LogP contribution in [0.5, 0.6) is 0 Å². The normalized spacial score (nSPS) is 19.9. The number of hydrogen-bond donors (Lipinski definition) is 2. The zero-order chi connectivity index (χ0) is 19.6. The minimum absolute atomic E-state index is 0.00164. The Morgan fingerprint density at radius 2 is 1.85 bits per heavy atom. The third-order valence-electron chi connectivity index (χ3n) is 4.95. The molecule has 1 saturated carbocycles. The lowest BCUT2D eigenvalue weighted by Crippen LogP contribution is -2.32. The number of primary amides is 1. The van der Waals surface area contributed by atoms with Crippen LogP contribution in [0.2, 0.25) is 0 Å². The number of nitrogens with two attached hydrogens (primary N) is 1. The molecule has 0 aromatic carbocycles. The number of ether oxygens (including phenoxy) is 1. The standard InChI is InChI=1S/C19H26BrN5O2/c1-11-4-5-12(2)25(11)19-22-13(3)17(20)18(24-19)23-14-6-8-15(9-7-14)27-10-16(21)26/h4-5,14-15H,6-10H2,1-3H3,(H2,21,26)(H,22,23,24). The van der Waals surface area contributed by atoms with Crippen LogP contribution in [0.3, 0.4) is 0 Å². The molecule has 0 atom stereocenters. The van der Waals surface area contributed by atoms with Crippen LogP contribution in [0.4, 0.5) is 5.82 Å². The molecule has 0 radical (unpaired) electrons. The van der Waals surface area contributed by atoms with Crippen molar-refractivity contribution in [1.82, 2.24) is 14.5 Å². The van der Waals surface area contributed by atoms with E-state index in [1.165, 1.54) is 0 Å². The van der Waals surface area contributed by atoms with E-state index in [1.807, 2.05) is 20.8 Å². The molecule has 146 valence electrons. The van der Waals surface area contributed by atoms with E-state index in [-0.39, 0.29) is 12.7 Å². The van der Waals surface area contributed by atoms with Crippen molar-refractivity contribution < 1.29 is 9.53 Å². The number of nitrogens with zero attached hydrogens (tertiary/aromatic N) is 3. The topological polar surface area (TPSA) is 95.1 Å². The molecule has 0 aliphatic heterocycles. The monoisotopic (exact) mass is 435 g/mol. The number of amides is 1. The van der Waals surface area contributed by atoms with Gasteiger partial charge in [0.15, 0.2) is 0 Å². The van der Waals surface area contributed by atoms with Crippen LogP contribution in [0.1, 0.15) is 42.8 Å². The first-order chi connectivity index (χ1) is 12.8. The minimum atomic E-state index is -0.418. The minimum Gasteiger partial charge on any atom is -0.368 e. The zero-order valence-corrected chi connectivity index (χ0v) is 17.5. The van der Waals surface area contributed by atoms with Crippen LogP contribution in [-0.4, -0.2) is 39.2 Å². The van der Waals surface area contributed by atoms with Crippen molar-refractivity contribution in [3.63, 3.8) is 0 Å². The van der Waals surface area contributed by atoms with E-state index >= 15 is 0 Å². The smallest absolute Gasteiger partial charge is 0.243 e. The van der Waals surface area contributed by atoms with E-state index in [9.17, 15) is 4.79 Å². The maximum Gasteiger partial charge on any atom is 0.243 e. The number of carbonyl (C=O) groups is 1. The summed E-state index contributed by atoms with van der Waals surface area (Å²) in [4.78, 5) is 20.3. The van der Waals surface area contributed by atoms with Gasteiger partial charge in [-0.05, 0) is 74.5 Å². The van der Waals surface area contributed by atoms with Crippen LogP contribution < -0.4 is 11.1 Å². The van der Waals surface area contributed by atoms with Gasteiger partial charge in [0.1, 0.15) is 12.4 Å². The van der Waals surface area contributed by atoms with Crippen LogP contribution in [-0.2, 0) is 9.53 Å². The van der Waals surface area contributed by atoms with Crippen molar-refractivity contribution in [2.45, 2.75) is 58.6 Å². The van der Waals surface area contributed by atoms with Gasteiger partial charge in [0.25, 0.3) is 0 Å². The zero-order valence-electron chi connectivity index (χ0n) is 16.0. The number of halogens is 1. The maximum atomic E-state index is 10.9. The Balaban J connectivity index is 1.71. The fourth-order valence-corrected chi connectivity index (χ4v) is 3.78. The van der Waals surface area contributed by atoms with Gasteiger partial charge in [-0.2, -0.15) is 4.98 Å². The second-order valence-corrected chi connectivity index (χ2v) is 7.91. The summed E-state index contributed by atoms with van der Waals surface area (Å²) in [5.74, 6) is 1.07. The van der Waals surface area contributed by atoms with E-state index in [0.717, 1.165) is 53.1 Å². The lowest BCUT2D eigenvalue weighted by molar-refractivity contribution is -0.125. The van der Waals surface area contributed by atoms with Crippen molar-refractivity contribution in [1.29, 1.82) is 0 Å². The van der Waals surface area contributed by atoms with Crippen LogP contribution in [0, 0.1) is 20.8 Å². The number of carbonyl (C=O) groups excluding carboxylic acids is 1. The summed E-state index contributed by atoms with van der Waals surface area (Å²) in [5, 5.41) is 3.56. The molecule has 1 aliphatic rings. The molecule has 1 fully saturated rings. The Kier molecular flexibility index (Phi) is 6.16.